The van der Waals surface area contributed by atoms with Crippen molar-refractivity contribution in [3.63, 3.8) is 0 Å². The van der Waals surface area contributed by atoms with E-state index in [2.05, 4.69) is 13.5 Å². The molecule has 0 aliphatic carbocycles. The van der Waals surface area contributed by atoms with Crippen LogP contribution in [0.1, 0.15) is 79.1 Å². The van der Waals surface area contributed by atoms with Gasteiger partial charge in [0.15, 0.2) is 6.29 Å². The predicted octanol–water partition coefficient (Wildman–Crippen LogP) is 4.67. The molecule has 0 saturated carbocycles. The number of rotatable bonds is 12. The minimum Gasteiger partial charge on any atom is -0.396 e. The van der Waals surface area contributed by atoms with Crippen LogP contribution in [-0.2, 0) is 4.74 Å². The third kappa shape index (κ3) is 15.8. The lowest BCUT2D eigenvalue weighted by molar-refractivity contribution is -0.175. The van der Waals surface area contributed by atoms with Gasteiger partial charge in [-0.25, -0.2) is 0 Å². The zero-order valence-electron chi connectivity index (χ0n) is 14.7. The van der Waals surface area contributed by atoms with Crippen molar-refractivity contribution in [1.82, 2.24) is 0 Å². The van der Waals surface area contributed by atoms with Crippen molar-refractivity contribution in [3.8, 4) is 0 Å². The molecule has 0 aromatic heterocycles. The Balaban J connectivity index is 0. The van der Waals surface area contributed by atoms with Crippen LogP contribution in [0, 0.1) is 5.41 Å². The fraction of sp³-hybridized carbons (Fsp3) is 0.889. The first-order valence-corrected chi connectivity index (χ1v) is 8.43. The van der Waals surface area contributed by atoms with Crippen molar-refractivity contribution in [2.24, 2.45) is 5.41 Å². The lowest BCUT2D eigenvalue weighted by atomic mass is 9.94. The molecule has 0 aliphatic heterocycles. The molecular formula is C18H38O3. The van der Waals surface area contributed by atoms with Crippen LogP contribution < -0.4 is 0 Å². The van der Waals surface area contributed by atoms with Crippen molar-refractivity contribution in [3.05, 3.63) is 12.7 Å². The molecule has 1 atom stereocenters. The van der Waals surface area contributed by atoms with Gasteiger partial charge in [-0.1, -0.05) is 71.8 Å². The van der Waals surface area contributed by atoms with Gasteiger partial charge in [0.25, 0.3) is 0 Å². The summed E-state index contributed by atoms with van der Waals surface area (Å²) in [5.74, 6) is 0. The highest BCUT2D eigenvalue weighted by atomic mass is 16.6. The van der Waals surface area contributed by atoms with Gasteiger partial charge < -0.3 is 14.9 Å². The van der Waals surface area contributed by atoms with Crippen molar-refractivity contribution >= 4 is 0 Å². The average molecular weight is 302 g/mol. The summed E-state index contributed by atoms with van der Waals surface area (Å²) >= 11 is 0. The largest absolute Gasteiger partial charge is 0.396 e. The minimum atomic E-state index is -0.868. The molecule has 0 amide bonds. The summed E-state index contributed by atoms with van der Waals surface area (Å²) in [7, 11) is 0. The Morgan fingerprint density at radius 2 is 1.48 bits per heavy atom. The molecule has 0 aromatic rings. The molecule has 128 valence electrons. The molecule has 0 rings (SSSR count). The molecule has 0 bridgehead atoms. The second kappa shape index (κ2) is 16.0. The third-order valence-corrected chi connectivity index (χ3v) is 3.35. The van der Waals surface area contributed by atoms with Crippen molar-refractivity contribution < 1.29 is 14.9 Å². The maximum atomic E-state index is 9.69. The zero-order chi connectivity index (χ0) is 16.6. The molecule has 1 unspecified atom stereocenters. The topological polar surface area (TPSA) is 49.7 Å². The van der Waals surface area contributed by atoms with Gasteiger partial charge in [-0.15, -0.1) is 6.58 Å². The highest BCUT2D eigenvalue weighted by Crippen LogP contribution is 2.20. The maximum Gasteiger partial charge on any atom is 0.161 e. The van der Waals surface area contributed by atoms with Gasteiger partial charge >= 0.3 is 0 Å². The fourth-order valence-corrected chi connectivity index (χ4v) is 1.73. The van der Waals surface area contributed by atoms with E-state index in [0.29, 0.717) is 6.61 Å². The first-order valence-electron chi connectivity index (χ1n) is 8.43. The molecule has 3 heteroatoms. The maximum absolute atomic E-state index is 9.69. The lowest BCUT2D eigenvalue weighted by Gasteiger charge is -2.27. The number of aliphatic hydroxyl groups excluding tert-OH is 2. The minimum absolute atomic E-state index is 0.0639. The van der Waals surface area contributed by atoms with E-state index < -0.39 is 11.7 Å². The van der Waals surface area contributed by atoms with Crippen LogP contribution in [0.3, 0.4) is 0 Å². The van der Waals surface area contributed by atoms with Gasteiger partial charge in [-0.05, 0) is 13.3 Å². The summed E-state index contributed by atoms with van der Waals surface area (Å²) < 4.78 is 5.34. The summed E-state index contributed by atoms with van der Waals surface area (Å²) in [6.45, 7) is 11.6. The second-order valence-corrected chi connectivity index (χ2v) is 6.25. The van der Waals surface area contributed by atoms with Crippen LogP contribution in [0.15, 0.2) is 12.7 Å². The lowest BCUT2D eigenvalue weighted by Crippen LogP contribution is -2.35. The highest BCUT2D eigenvalue weighted by Gasteiger charge is 2.27. The molecule has 0 aliphatic rings. The van der Waals surface area contributed by atoms with Crippen molar-refractivity contribution in [2.45, 2.75) is 85.4 Å². The summed E-state index contributed by atoms with van der Waals surface area (Å²) in [6, 6.07) is 0. The Morgan fingerprint density at radius 3 is 1.90 bits per heavy atom. The van der Waals surface area contributed by atoms with E-state index in [9.17, 15) is 5.11 Å². The van der Waals surface area contributed by atoms with Crippen molar-refractivity contribution in [1.29, 1.82) is 0 Å². The monoisotopic (exact) mass is 302 g/mol. The Morgan fingerprint density at radius 1 is 1.05 bits per heavy atom. The van der Waals surface area contributed by atoms with E-state index in [0.717, 1.165) is 6.42 Å². The number of hydrogen-bond acceptors (Lipinski definition) is 3. The van der Waals surface area contributed by atoms with Crippen LogP contribution in [0.4, 0.5) is 0 Å². The van der Waals surface area contributed by atoms with Gasteiger partial charge in [0.1, 0.15) is 0 Å². The normalized spacial score (nSPS) is 12.5. The number of allylic oxidation sites excluding steroid dienone is 1. The van der Waals surface area contributed by atoms with Crippen LogP contribution in [0.2, 0.25) is 0 Å². The van der Waals surface area contributed by atoms with Gasteiger partial charge in [0, 0.05) is 12.0 Å². The van der Waals surface area contributed by atoms with Gasteiger partial charge in [-0.2, -0.15) is 0 Å². The van der Waals surface area contributed by atoms with Gasteiger partial charge in [-0.3, -0.25) is 0 Å². The quantitative estimate of drug-likeness (QED) is 0.313. The van der Waals surface area contributed by atoms with E-state index >= 15 is 0 Å². The molecule has 0 fully saturated rings. The standard InChI is InChI=1S/C15H32O3.C3H6/c1-4-5-6-7-8-9-10-11-12-18-14(17)15(2,3)13-16;1-3-2/h14,16-17H,4-13H2,1-3H3;3H,1H2,2H3. The van der Waals surface area contributed by atoms with E-state index in [-0.39, 0.29) is 6.61 Å². The number of aliphatic hydroxyl groups is 2. The molecular weight excluding hydrogens is 264 g/mol. The zero-order valence-corrected chi connectivity index (χ0v) is 14.7. The Labute approximate surface area is 132 Å². The van der Waals surface area contributed by atoms with E-state index in [1.807, 2.05) is 6.92 Å². The van der Waals surface area contributed by atoms with Crippen LogP contribution in [0.25, 0.3) is 0 Å². The summed E-state index contributed by atoms with van der Waals surface area (Å²) in [6.07, 6.45) is 11.0. The van der Waals surface area contributed by atoms with Crippen LogP contribution >= 0.6 is 0 Å². The van der Waals surface area contributed by atoms with E-state index in [4.69, 9.17) is 9.84 Å². The number of hydrogen-bond donors (Lipinski definition) is 2. The molecule has 0 aromatic carbocycles. The number of unbranched alkanes of at least 4 members (excludes halogenated alkanes) is 7. The molecule has 2 N–H and O–H groups in total. The van der Waals surface area contributed by atoms with Crippen LogP contribution in [0.5, 0.6) is 0 Å². The van der Waals surface area contributed by atoms with E-state index in [1.165, 1.54) is 44.9 Å². The molecule has 21 heavy (non-hydrogen) atoms. The predicted molar refractivity (Wildman–Crippen MR) is 91.3 cm³/mol. The summed E-state index contributed by atoms with van der Waals surface area (Å²) in [4.78, 5) is 0. The first-order chi connectivity index (χ1) is 9.96. The molecule has 3 nitrogen and oxygen atoms in total. The third-order valence-electron chi connectivity index (χ3n) is 3.35. The molecule has 0 spiro atoms. The highest BCUT2D eigenvalue weighted by molar-refractivity contribution is 4.69. The number of ether oxygens (including phenoxy) is 1. The Kier molecular flexibility index (Phi) is 17.4. The Bertz CT molecular complexity index is 215. The smallest absolute Gasteiger partial charge is 0.161 e. The second-order valence-electron chi connectivity index (χ2n) is 6.25. The van der Waals surface area contributed by atoms with Gasteiger partial charge in [0.2, 0.25) is 0 Å². The van der Waals surface area contributed by atoms with E-state index in [1.54, 1.807) is 19.9 Å². The van der Waals surface area contributed by atoms with Crippen molar-refractivity contribution in [2.75, 3.05) is 13.2 Å². The molecule has 0 saturated heterocycles. The SMILES string of the molecule is C=CC.CCCCCCCCCCOC(O)C(C)(C)CO. The molecule has 0 radical (unpaired) electrons. The molecule has 0 heterocycles. The fourth-order valence-electron chi connectivity index (χ4n) is 1.73. The average Bonchev–Trinajstić information content (AvgIpc) is 2.46. The summed E-state index contributed by atoms with van der Waals surface area (Å²) in [5, 5.41) is 18.8. The summed E-state index contributed by atoms with van der Waals surface area (Å²) in [5.41, 5.74) is -0.569. The van der Waals surface area contributed by atoms with Crippen LogP contribution in [-0.4, -0.2) is 29.7 Å². The Hall–Kier alpha value is -0.380. The van der Waals surface area contributed by atoms with Gasteiger partial charge in [0.05, 0.1) is 6.61 Å². The first kappa shape index (κ1) is 22.9.